The quantitative estimate of drug-likeness (QED) is 0.713. The molecule has 106 valence electrons. The Morgan fingerprint density at radius 3 is 2.22 bits per heavy atom. The van der Waals surface area contributed by atoms with E-state index in [0.717, 1.165) is 38.5 Å². The summed E-state index contributed by atoms with van der Waals surface area (Å²) in [7, 11) is -3.03. The van der Waals surface area contributed by atoms with Crippen LogP contribution in [0.2, 0.25) is 0 Å². The Labute approximate surface area is 109 Å². The van der Waals surface area contributed by atoms with Crippen LogP contribution in [0, 0.1) is 5.41 Å². The van der Waals surface area contributed by atoms with E-state index in [2.05, 4.69) is 5.32 Å². The molecule has 3 N–H and O–H groups in total. The van der Waals surface area contributed by atoms with Crippen LogP contribution in [-0.2, 0) is 14.6 Å². The lowest BCUT2D eigenvalue weighted by Gasteiger charge is -2.29. The minimum absolute atomic E-state index is 0.0145. The summed E-state index contributed by atoms with van der Waals surface area (Å²) in [5, 5.41) is 2.73. The van der Waals surface area contributed by atoms with Crippen LogP contribution in [0.3, 0.4) is 0 Å². The molecule has 0 heterocycles. The lowest BCUT2D eigenvalue weighted by Crippen LogP contribution is -2.46. The normalized spacial score (nSPS) is 20.1. The highest BCUT2D eigenvalue weighted by Gasteiger charge is 2.36. The summed E-state index contributed by atoms with van der Waals surface area (Å²) in [6.07, 6.45) is 7.15. The molecule has 0 saturated heterocycles. The fourth-order valence-corrected chi connectivity index (χ4v) is 2.94. The van der Waals surface area contributed by atoms with Gasteiger partial charge in [0.05, 0.1) is 11.2 Å². The van der Waals surface area contributed by atoms with Crippen molar-refractivity contribution in [2.45, 2.75) is 38.5 Å². The van der Waals surface area contributed by atoms with E-state index in [-0.39, 0.29) is 18.2 Å². The van der Waals surface area contributed by atoms with E-state index >= 15 is 0 Å². The van der Waals surface area contributed by atoms with Crippen LogP contribution in [-0.4, -0.2) is 39.4 Å². The standard InChI is InChI=1S/C12H24N2O3S/c1-18(16,17)9-8-14-11(15)12(10-13)6-4-2-3-5-7-12/h2-10,13H2,1H3,(H,14,15). The van der Waals surface area contributed by atoms with Gasteiger partial charge in [0.1, 0.15) is 9.84 Å². The van der Waals surface area contributed by atoms with Crippen LogP contribution in [0.5, 0.6) is 0 Å². The maximum Gasteiger partial charge on any atom is 0.227 e. The summed E-state index contributed by atoms with van der Waals surface area (Å²) in [6.45, 7) is 0.525. The van der Waals surface area contributed by atoms with E-state index in [4.69, 9.17) is 5.73 Å². The minimum atomic E-state index is -3.03. The fourth-order valence-electron chi connectivity index (χ4n) is 2.47. The Morgan fingerprint density at radius 2 is 1.78 bits per heavy atom. The molecule has 0 aromatic heterocycles. The Hall–Kier alpha value is -0.620. The smallest absolute Gasteiger partial charge is 0.227 e. The SMILES string of the molecule is CS(=O)(=O)CCNC(=O)C1(CN)CCCCCC1. The first-order chi connectivity index (χ1) is 8.40. The third-order valence-corrected chi connectivity index (χ3v) is 4.64. The van der Waals surface area contributed by atoms with Gasteiger partial charge in [-0.2, -0.15) is 0 Å². The summed E-state index contributed by atoms with van der Waals surface area (Å²) < 4.78 is 22.0. The zero-order valence-electron chi connectivity index (χ0n) is 11.1. The molecule has 1 aliphatic carbocycles. The first-order valence-electron chi connectivity index (χ1n) is 6.56. The van der Waals surface area contributed by atoms with Gasteiger partial charge in [-0.1, -0.05) is 25.7 Å². The zero-order chi connectivity index (χ0) is 13.6. The molecule has 0 aliphatic heterocycles. The van der Waals surface area contributed by atoms with Crippen molar-refractivity contribution in [3.8, 4) is 0 Å². The number of hydrogen-bond donors (Lipinski definition) is 2. The molecule has 5 nitrogen and oxygen atoms in total. The number of nitrogens with one attached hydrogen (secondary N) is 1. The lowest BCUT2D eigenvalue weighted by atomic mass is 9.79. The molecule has 1 amide bonds. The van der Waals surface area contributed by atoms with Crippen LogP contribution >= 0.6 is 0 Å². The number of sulfone groups is 1. The molecule has 0 bridgehead atoms. The minimum Gasteiger partial charge on any atom is -0.355 e. The third kappa shape index (κ3) is 4.57. The van der Waals surface area contributed by atoms with Crippen molar-refractivity contribution in [3.63, 3.8) is 0 Å². The highest BCUT2D eigenvalue weighted by Crippen LogP contribution is 2.34. The molecule has 6 heteroatoms. The molecule has 18 heavy (non-hydrogen) atoms. The van der Waals surface area contributed by atoms with Gasteiger partial charge in [-0.3, -0.25) is 4.79 Å². The first-order valence-corrected chi connectivity index (χ1v) is 8.62. The van der Waals surface area contributed by atoms with Crippen LogP contribution in [0.15, 0.2) is 0 Å². The molecular weight excluding hydrogens is 252 g/mol. The second kappa shape index (κ2) is 6.52. The summed E-state index contributed by atoms with van der Waals surface area (Å²) in [5.41, 5.74) is 5.31. The number of carbonyl (C=O) groups is 1. The van der Waals surface area contributed by atoms with Gasteiger partial charge < -0.3 is 11.1 Å². The van der Waals surface area contributed by atoms with E-state index in [9.17, 15) is 13.2 Å². The van der Waals surface area contributed by atoms with Gasteiger partial charge in [-0.15, -0.1) is 0 Å². The predicted octanol–water partition coefficient (Wildman–Crippen LogP) is 0.447. The molecule has 0 aromatic carbocycles. The van der Waals surface area contributed by atoms with E-state index in [1.165, 1.54) is 6.26 Å². The highest BCUT2D eigenvalue weighted by atomic mass is 32.2. The van der Waals surface area contributed by atoms with Crippen LogP contribution in [0.4, 0.5) is 0 Å². The van der Waals surface area contributed by atoms with E-state index in [0.29, 0.717) is 6.54 Å². The van der Waals surface area contributed by atoms with Crippen molar-refractivity contribution in [3.05, 3.63) is 0 Å². The number of nitrogens with two attached hydrogens (primary N) is 1. The summed E-state index contributed by atoms with van der Waals surface area (Å²) >= 11 is 0. The van der Waals surface area contributed by atoms with Crippen LogP contribution in [0.25, 0.3) is 0 Å². The van der Waals surface area contributed by atoms with Gasteiger partial charge in [0.25, 0.3) is 0 Å². The van der Waals surface area contributed by atoms with Crippen LogP contribution in [0.1, 0.15) is 38.5 Å². The molecule has 0 unspecified atom stereocenters. The molecule has 1 aliphatic rings. The summed E-state index contributed by atoms with van der Waals surface area (Å²) in [4.78, 5) is 12.2. The molecule has 1 fully saturated rings. The van der Waals surface area contributed by atoms with Crippen molar-refractivity contribution in [2.24, 2.45) is 11.1 Å². The topological polar surface area (TPSA) is 89.3 Å². The second-order valence-electron chi connectivity index (χ2n) is 5.28. The Balaban J connectivity index is 2.55. The number of hydrogen-bond acceptors (Lipinski definition) is 4. The highest BCUT2D eigenvalue weighted by molar-refractivity contribution is 7.90. The van der Waals surface area contributed by atoms with Gasteiger partial charge in [0, 0.05) is 19.3 Å². The van der Waals surface area contributed by atoms with Crippen molar-refractivity contribution in [1.29, 1.82) is 0 Å². The van der Waals surface area contributed by atoms with Crippen molar-refractivity contribution < 1.29 is 13.2 Å². The van der Waals surface area contributed by atoms with Crippen LogP contribution < -0.4 is 11.1 Å². The second-order valence-corrected chi connectivity index (χ2v) is 7.54. The molecular formula is C12H24N2O3S. The predicted molar refractivity (Wildman–Crippen MR) is 71.9 cm³/mol. The Morgan fingerprint density at radius 1 is 1.22 bits per heavy atom. The zero-order valence-corrected chi connectivity index (χ0v) is 11.9. The molecule has 0 aromatic rings. The molecule has 0 atom stereocenters. The van der Waals surface area contributed by atoms with Crippen molar-refractivity contribution in [2.75, 3.05) is 25.1 Å². The maximum absolute atomic E-state index is 12.2. The fraction of sp³-hybridized carbons (Fsp3) is 0.917. The molecule has 1 rings (SSSR count). The third-order valence-electron chi connectivity index (χ3n) is 3.69. The Kier molecular flexibility index (Phi) is 5.59. The van der Waals surface area contributed by atoms with Gasteiger partial charge in [0.2, 0.25) is 5.91 Å². The first kappa shape index (κ1) is 15.4. The number of carbonyl (C=O) groups excluding carboxylic acids is 1. The van der Waals surface area contributed by atoms with Crippen molar-refractivity contribution in [1.82, 2.24) is 5.32 Å². The maximum atomic E-state index is 12.2. The molecule has 0 radical (unpaired) electrons. The van der Waals surface area contributed by atoms with Gasteiger partial charge in [-0.25, -0.2) is 8.42 Å². The summed E-state index contributed by atoms with van der Waals surface area (Å²) in [6, 6.07) is 0. The Bertz CT molecular complexity index is 371. The van der Waals surface area contributed by atoms with E-state index in [1.807, 2.05) is 0 Å². The average Bonchev–Trinajstić information content (AvgIpc) is 2.53. The van der Waals surface area contributed by atoms with Crippen molar-refractivity contribution >= 4 is 15.7 Å². The van der Waals surface area contributed by atoms with E-state index < -0.39 is 15.3 Å². The summed E-state index contributed by atoms with van der Waals surface area (Å²) in [5.74, 6) is -0.0881. The van der Waals surface area contributed by atoms with Gasteiger partial charge in [-0.05, 0) is 12.8 Å². The number of rotatable bonds is 5. The number of amides is 1. The average molecular weight is 276 g/mol. The monoisotopic (exact) mass is 276 g/mol. The largest absolute Gasteiger partial charge is 0.355 e. The van der Waals surface area contributed by atoms with Gasteiger partial charge in [0.15, 0.2) is 0 Å². The molecule has 1 saturated carbocycles. The molecule has 0 spiro atoms. The lowest BCUT2D eigenvalue weighted by molar-refractivity contribution is -0.131. The van der Waals surface area contributed by atoms with E-state index in [1.54, 1.807) is 0 Å². The van der Waals surface area contributed by atoms with Gasteiger partial charge >= 0.3 is 0 Å².